The highest BCUT2D eigenvalue weighted by Crippen LogP contribution is 2.31. The molecule has 2 aromatic heterocycles. The summed E-state index contributed by atoms with van der Waals surface area (Å²) < 4.78 is 28.9. The van der Waals surface area contributed by atoms with E-state index in [-0.39, 0.29) is 10.6 Å². The topological polar surface area (TPSA) is 89.3 Å². The molecule has 9 heteroatoms. The van der Waals surface area contributed by atoms with Crippen molar-refractivity contribution >= 4 is 48.2 Å². The van der Waals surface area contributed by atoms with Gasteiger partial charge in [0.1, 0.15) is 0 Å². The predicted molar refractivity (Wildman–Crippen MR) is 112 cm³/mol. The van der Waals surface area contributed by atoms with Gasteiger partial charge in [-0.15, -0.1) is 11.3 Å². The highest BCUT2D eigenvalue weighted by atomic mass is 32.2. The number of aromatic nitrogens is 2. The number of piperazine rings is 1. The first-order chi connectivity index (χ1) is 13.5. The summed E-state index contributed by atoms with van der Waals surface area (Å²) in [5, 5.41) is 3.29. The molecule has 1 saturated heterocycles. The number of benzene rings is 2. The summed E-state index contributed by atoms with van der Waals surface area (Å²) >= 11 is 1.71. The number of H-pyrrole nitrogens is 2. The summed E-state index contributed by atoms with van der Waals surface area (Å²) in [4.78, 5) is 19.1. The zero-order valence-corrected chi connectivity index (χ0v) is 16.5. The fourth-order valence-electron chi connectivity index (χ4n) is 3.74. The maximum absolute atomic E-state index is 13.1. The molecule has 4 aromatic rings. The summed E-state index contributed by atoms with van der Waals surface area (Å²) in [6, 6.07) is 13.0. The van der Waals surface area contributed by atoms with Crippen LogP contribution in [-0.2, 0) is 10.0 Å². The van der Waals surface area contributed by atoms with Crippen molar-refractivity contribution in [2.75, 3.05) is 31.1 Å². The Labute approximate surface area is 165 Å². The normalized spacial score (nSPS) is 16.2. The van der Waals surface area contributed by atoms with Crippen molar-refractivity contribution in [2.45, 2.75) is 4.90 Å². The lowest BCUT2D eigenvalue weighted by Crippen LogP contribution is -2.48. The zero-order chi connectivity index (χ0) is 19.3. The maximum atomic E-state index is 13.1. The number of anilines is 1. The lowest BCUT2D eigenvalue weighted by Gasteiger charge is -2.35. The molecule has 7 nitrogen and oxygen atoms in total. The third kappa shape index (κ3) is 2.83. The molecule has 0 spiro atoms. The Bertz CT molecular complexity index is 1330. The van der Waals surface area contributed by atoms with Crippen molar-refractivity contribution in [1.82, 2.24) is 14.3 Å². The zero-order valence-electron chi connectivity index (χ0n) is 14.9. The SMILES string of the molecule is O=c1[nH]c2ccc(S(=O)(=O)N3CCN(c4cccc5sccc45)CC3)cc2[nH]1. The Morgan fingerprint density at radius 2 is 1.71 bits per heavy atom. The van der Waals surface area contributed by atoms with Crippen LogP contribution < -0.4 is 10.6 Å². The Morgan fingerprint density at radius 3 is 2.54 bits per heavy atom. The number of hydrogen-bond acceptors (Lipinski definition) is 5. The van der Waals surface area contributed by atoms with Crippen molar-refractivity contribution in [2.24, 2.45) is 0 Å². The average Bonchev–Trinajstić information content (AvgIpc) is 3.32. The third-order valence-electron chi connectivity index (χ3n) is 5.18. The van der Waals surface area contributed by atoms with Crippen molar-refractivity contribution < 1.29 is 8.42 Å². The largest absolute Gasteiger partial charge is 0.368 e. The number of hydrogen-bond donors (Lipinski definition) is 2. The van der Waals surface area contributed by atoms with Gasteiger partial charge in [0.15, 0.2) is 0 Å². The minimum Gasteiger partial charge on any atom is -0.368 e. The van der Waals surface area contributed by atoms with E-state index in [2.05, 4.69) is 38.4 Å². The molecule has 0 saturated carbocycles. The first kappa shape index (κ1) is 17.5. The Kier molecular flexibility index (Phi) is 4.04. The van der Waals surface area contributed by atoms with Gasteiger partial charge in [-0.25, -0.2) is 13.2 Å². The van der Waals surface area contributed by atoms with Crippen LogP contribution in [0.1, 0.15) is 0 Å². The van der Waals surface area contributed by atoms with Gasteiger partial charge >= 0.3 is 5.69 Å². The number of rotatable bonds is 3. The van der Waals surface area contributed by atoms with E-state index in [9.17, 15) is 13.2 Å². The monoisotopic (exact) mass is 414 g/mol. The van der Waals surface area contributed by atoms with Crippen LogP contribution in [0, 0.1) is 0 Å². The van der Waals surface area contributed by atoms with Gasteiger partial charge in [-0.05, 0) is 41.8 Å². The van der Waals surface area contributed by atoms with Crippen LogP contribution in [-0.4, -0.2) is 48.9 Å². The molecule has 0 bridgehead atoms. The molecular formula is C19H18N4O3S2. The third-order valence-corrected chi connectivity index (χ3v) is 7.95. The Balaban J connectivity index is 1.39. The van der Waals surface area contributed by atoms with E-state index in [1.54, 1.807) is 23.5 Å². The maximum Gasteiger partial charge on any atom is 0.323 e. The van der Waals surface area contributed by atoms with E-state index in [4.69, 9.17) is 0 Å². The summed E-state index contributed by atoms with van der Waals surface area (Å²) in [5.41, 5.74) is 1.90. The van der Waals surface area contributed by atoms with E-state index in [1.807, 2.05) is 6.07 Å². The number of imidazole rings is 1. The van der Waals surface area contributed by atoms with Crippen molar-refractivity contribution in [1.29, 1.82) is 0 Å². The van der Waals surface area contributed by atoms with Crippen molar-refractivity contribution in [3.05, 3.63) is 58.3 Å². The number of sulfonamides is 1. The summed E-state index contributed by atoms with van der Waals surface area (Å²) in [6.45, 7) is 2.12. The Hall–Kier alpha value is -2.62. The van der Waals surface area contributed by atoms with Gasteiger partial charge in [-0.3, -0.25) is 0 Å². The van der Waals surface area contributed by atoms with Crippen LogP contribution in [0.3, 0.4) is 0 Å². The van der Waals surface area contributed by atoms with Crippen molar-refractivity contribution in [3.8, 4) is 0 Å². The fourth-order valence-corrected chi connectivity index (χ4v) is 6.00. The molecule has 1 fully saturated rings. The smallest absolute Gasteiger partial charge is 0.323 e. The van der Waals surface area contributed by atoms with E-state index in [1.165, 1.54) is 20.5 Å². The van der Waals surface area contributed by atoms with Crippen LogP contribution in [0.25, 0.3) is 21.1 Å². The number of thiophene rings is 1. The molecule has 144 valence electrons. The van der Waals surface area contributed by atoms with Crippen molar-refractivity contribution in [3.63, 3.8) is 0 Å². The van der Waals surface area contributed by atoms with Gasteiger partial charge in [0.25, 0.3) is 0 Å². The lowest BCUT2D eigenvalue weighted by molar-refractivity contribution is 0.385. The predicted octanol–water partition coefficient (Wildman–Crippen LogP) is 2.58. The molecule has 5 rings (SSSR count). The van der Waals surface area contributed by atoms with Gasteiger partial charge in [0.2, 0.25) is 10.0 Å². The molecule has 3 heterocycles. The summed E-state index contributed by atoms with van der Waals surface area (Å²) in [5.74, 6) is 0. The lowest BCUT2D eigenvalue weighted by atomic mass is 10.2. The van der Waals surface area contributed by atoms with Gasteiger partial charge < -0.3 is 14.9 Å². The molecule has 1 aliphatic rings. The molecule has 0 aliphatic carbocycles. The molecule has 2 aromatic carbocycles. The van der Waals surface area contributed by atoms with E-state index >= 15 is 0 Å². The molecule has 28 heavy (non-hydrogen) atoms. The Morgan fingerprint density at radius 1 is 0.929 bits per heavy atom. The number of fused-ring (bicyclic) bond motifs is 2. The second-order valence-corrected chi connectivity index (χ2v) is 9.67. The quantitative estimate of drug-likeness (QED) is 0.539. The second-order valence-electron chi connectivity index (χ2n) is 6.79. The molecule has 2 N–H and O–H groups in total. The van der Waals surface area contributed by atoms with Crippen LogP contribution in [0.4, 0.5) is 5.69 Å². The second kappa shape index (κ2) is 6.47. The minimum atomic E-state index is -3.61. The van der Waals surface area contributed by atoms with Gasteiger partial charge in [0.05, 0.1) is 15.9 Å². The van der Waals surface area contributed by atoms with Gasteiger partial charge in [0, 0.05) is 42.0 Å². The van der Waals surface area contributed by atoms with E-state index in [0.29, 0.717) is 37.2 Å². The molecule has 0 unspecified atom stereocenters. The van der Waals surface area contributed by atoms with Crippen LogP contribution in [0.15, 0.2) is 57.5 Å². The highest BCUT2D eigenvalue weighted by Gasteiger charge is 2.29. The molecule has 0 amide bonds. The number of nitrogens with zero attached hydrogens (tertiary/aromatic N) is 2. The minimum absolute atomic E-state index is 0.198. The van der Waals surface area contributed by atoms with E-state index in [0.717, 1.165) is 5.69 Å². The van der Waals surface area contributed by atoms with Crippen LogP contribution >= 0.6 is 11.3 Å². The van der Waals surface area contributed by atoms with Gasteiger partial charge in [-0.1, -0.05) is 6.07 Å². The summed E-state index contributed by atoms with van der Waals surface area (Å²) in [6.07, 6.45) is 0. The molecule has 1 aliphatic heterocycles. The first-order valence-electron chi connectivity index (χ1n) is 8.96. The molecular weight excluding hydrogens is 396 g/mol. The van der Waals surface area contributed by atoms with Crippen LogP contribution in [0.5, 0.6) is 0 Å². The first-order valence-corrected chi connectivity index (χ1v) is 11.3. The van der Waals surface area contributed by atoms with Gasteiger partial charge in [-0.2, -0.15) is 4.31 Å². The van der Waals surface area contributed by atoms with Crippen LogP contribution in [0.2, 0.25) is 0 Å². The molecule has 0 radical (unpaired) electrons. The standard InChI is InChI=1S/C19H18N4O3S2/c24-19-20-15-5-4-13(12-16(15)21-19)28(25,26)23-9-7-22(8-10-23)17-2-1-3-18-14(17)6-11-27-18/h1-6,11-12H,7-10H2,(H2,20,21,24). The molecule has 0 atom stereocenters. The summed E-state index contributed by atoms with van der Waals surface area (Å²) in [7, 11) is -3.61. The highest BCUT2D eigenvalue weighted by molar-refractivity contribution is 7.89. The average molecular weight is 415 g/mol. The number of nitrogens with one attached hydrogen (secondary N) is 2. The van der Waals surface area contributed by atoms with E-state index < -0.39 is 10.0 Å². The fraction of sp³-hybridized carbons (Fsp3) is 0.211. The number of aromatic amines is 2.